The molecule has 7 nitrogen and oxygen atoms in total. The lowest BCUT2D eigenvalue weighted by molar-refractivity contribution is -0.120. The van der Waals surface area contributed by atoms with Gasteiger partial charge in [0.2, 0.25) is 5.91 Å². The van der Waals surface area contributed by atoms with Crippen LogP contribution in [0.1, 0.15) is 26.3 Å². The molecule has 0 aliphatic rings. The van der Waals surface area contributed by atoms with Crippen LogP contribution in [0.5, 0.6) is 0 Å². The molecule has 7 heteroatoms. The Bertz CT molecular complexity index is 464. The molecule has 0 radical (unpaired) electrons. The van der Waals surface area contributed by atoms with Crippen LogP contribution >= 0.6 is 0 Å². The van der Waals surface area contributed by atoms with Gasteiger partial charge in [-0.05, 0) is 5.92 Å². The maximum absolute atomic E-state index is 12.0. The quantitative estimate of drug-likeness (QED) is 0.318. The van der Waals surface area contributed by atoms with Crippen LogP contribution in [-0.2, 0) is 11.8 Å². The standard InChI is InChI=1S/C11H19N5O2/c1-6(2)7(3)11(17)14-10-8(9(12)15-18)5-13-16(10)4/h5-7,18H,1-4H3,(H2,12,15)(H,14,17). The van der Waals surface area contributed by atoms with Crippen molar-refractivity contribution in [1.29, 1.82) is 0 Å². The molecule has 0 saturated heterocycles. The summed E-state index contributed by atoms with van der Waals surface area (Å²) in [6, 6.07) is 0. The van der Waals surface area contributed by atoms with Crippen LogP contribution < -0.4 is 11.1 Å². The highest BCUT2D eigenvalue weighted by molar-refractivity contribution is 6.04. The van der Waals surface area contributed by atoms with Crippen molar-refractivity contribution in [3.8, 4) is 0 Å². The number of oxime groups is 1. The van der Waals surface area contributed by atoms with E-state index >= 15 is 0 Å². The molecular weight excluding hydrogens is 234 g/mol. The zero-order valence-corrected chi connectivity index (χ0v) is 11.0. The summed E-state index contributed by atoms with van der Waals surface area (Å²) in [6.45, 7) is 5.79. The van der Waals surface area contributed by atoms with Crippen molar-refractivity contribution >= 4 is 17.6 Å². The molecule has 0 aliphatic heterocycles. The average Bonchev–Trinajstić information content (AvgIpc) is 2.69. The Labute approximate surface area is 106 Å². The third kappa shape index (κ3) is 2.79. The number of carbonyl (C=O) groups is 1. The summed E-state index contributed by atoms with van der Waals surface area (Å²) in [6.07, 6.45) is 1.44. The van der Waals surface area contributed by atoms with Gasteiger partial charge in [0.25, 0.3) is 0 Å². The van der Waals surface area contributed by atoms with Crippen LogP contribution in [-0.4, -0.2) is 26.7 Å². The van der Waals surface area contributed by atoms with E-state index in [-0.39, 0.29) is 23.6 Å². The third-order valence-electron chi connectivity index (χ3n) is 2.98. The van der Waals surface area contributed by atoms with Gasteiger partial charge < -0.3 is 16.3 Å². The van der Waals surface area contributed by atoms with Crippen molar-refractivity contribution in [2.24, 2.45) is 29.8 Å². The van der Waals surface area contributed by atoms with Crippen LogP contribution in [0.2, 0.25) is 0 Å². The second kappa shape index (κ2) is 5.52. The van der Waals surface area contributed by atoms with Gasteiger partial charge in [-0.1, -0.05) is 25.9 Å². The van der Waals surface area contributed by atoms with Gasteiger partial charge in [-0.3, -0.25) is 9.48 Å². The summed E-state index contributed by atoms with van der Waals surface area (Å²) in [7, 11) is 1.67. The number of amides is 1. The molecule has 18 heavy (non-hydrogen) atoms. The van der Waals surface area contributed by atoms with Crippen molar-refractivity contribution in [3.05, 3.63) is 11.8 Å². The fourth-order valence-corrected chi connectivity index (χ4v) is 1.36. The Balaban J connectivity index is 2.98. The van der Waals surface area contributed by atoms with E-state index < -0.39 is 0 Å². The van der Waals surface area contributed by atoms with Crippen LogP contribution in [0.4, 0.5) is 5.82 Å². The second-order valence-electron chi connectivity index (χ2n) is 4.54. The Morgan fingerprint density at radius 2 is 2.17 bits per heavy atom. The highest BCUT2D eigenvalue weighted by Gasteiger charge is 2.20. The summed E-state index contributed by atoms with van der Waals surface area (Å²) in [5.41, 5.74) is 5.91. The Morgan fingerprint density at radius 3 is 2.67 bits per heavy atom. The van der Waals surface area contributed by atoms with Gasteiger partial charge in [-0.2, -0.15) is 5.10 Å². The topological polar surface area (TPSA) is 106 Å². The summed E-state index contributed by atoms with van der Waals surface area (Å²) in [5, 5.41) is 18.3. The number of carbonyl (C=O) groups excluding carboxylic acids is 1. The summed E-state index contributed by atoms with van der Waals surface area (Å²) in [5.74, 6) is 0.296. The van der Waals surface area contributed by atoms with Crippen LogP contribution in [0, 0.1) is 11.8 Å². The lowest BCUT2D eigenvalue weighted by Gasteiger charge is -2.16. The van der Waals surface area contributed by atoms with Crippen LogP contribution in [0.3, 0.4) is 0 Å². The Morgan fingerprint density at radius 1 is 1.56 bits per heavy atom. The van der Waals surface area contributed by atoms with E-state index in [1.807, 2.05) is 20.8 Å². The van der Waals surface area contributed by atoms with Gasteiger partial charge in [-0.15, -0.1) is 0 Å². The third-order valence-corrected chi connectivity index (χ3v) is 2.98. The van der Waals surface area contributed by atoms with Crippen molar-refractivity contribution in [2.45, 2.75) is 20.8 Å². The molecule has 0 aliphatic carbocycles. The largest absolute Gasteiger partial charge is 0.409 e. The van der Waals surface area contributed by atoms with E-state index in [1.54, 1.807) is 7.05 Å². The first-order valence-corrected chi connectivity index (χ1v) is 5.69. The number of nitrogens with one attached hydrogen (secondary N) is 1. The molecule has 0 fully saturated rings. The zero-order valence-electron chi connectivity index (χ0n) is 11.0. The normalized spacial score (nSPS) is 13.7. The zero-order chi connectivity index (χ0) is 13.9. The first kappa shape index (κ1) is 14.0. The van der Waals surface area contributed by atoms with Crippen molar-refractivity contribution in [1.82, 2.24) is 9.78 Å². The molecule has 0 bridgehead atoms. The fraction of sp³-hybridized carbons (Fsp3) is 0.545. The Kier molecular flexibility index (Phi) is 4.30. The summed E-state index contributed by atoms with van der Waals surface area (Å²) < 4.78 is 1.47. The number of aromatic nitrogens is 2. The lowest BCUT2D eigenvalue weighted by atomic mass is 9.97. The molecule has 1 atom stereocenters. The predicted octanol–water partition coefficient (Wildman–Crippen LogP) is 0.745. The Hall–Kier alpha value is -2.05. The van der Waals surface area contributed by atoms with E-state index in [1.165, 1.54) is 10.9 Å². The molecule has 1 aromatic rings. The van der Waals surface area contributed by atoms with E-state index in [0.717, 1.165) is 0 Å². The first-order valence-electron chi connectivity index (χ1n) is 5.69. The van der Waals surface area contributed by atoms with E-state index in [9.17, 15) is 4.79 Å². The number of amidine groups is 1. The van der Waals surface area contributed by atoms with E-state index in [2.05, 4.69) is 15.6 Å². The minimum Gasteiger partial charge on any atom is -0.409 e. The molecule has 1 rings (SSSR count). The number of rotatable bonds is 4. The van der Waals surface area contributed by atoms with Gasteiger partial charge in [0, 0.05) is 13.0 Å². The highest BCUT2D eigenvalue weighted by atomic mass is 16.4. The summed E-state index contributed by atoms with van der Waals surface area (Å²) >= 11 is 0. The number of aryl methyl sites for hydroxylation is 1. The number of nitrogens with two attached hydrogens (primary N) is 1. The molecule has 0 spiro atoms. The van der Waals surface area contributed by atoms with E-state index in [4.69, 9.17) is 10.9 Å². The molecule has 1 heterocycles. The van der Waals surface area contributed by atoms with Gasteiger partial charge in [-0.25, -0.2) is 0 Å². The minimum atomic E-state index is -0.139. The monoisotopic (exact) mass is 253 g/mol. The fourth-order valence-electron chi connectivity index (χ4n) is 1.36. The van der Waals surface area contributed by atoms with Crippen molar-refractivity contribution in [2.75, 3.05) is 5.32 Å². The van der Waals surface area contributed by atoms with Gasteiger partial charge >= 0.3 is 0 Å². The SMILES string of the molecule is CC(C)C(C)C(=O)Nc1c(C(N)=NO)cnn1C. The van der Waals surface area contributed by atoms with Gasteiger partial charge in [0.05, 0.1) is 11.8 Å². The van der Waals surface area contributed by atoms with Crippen LogP contribution in [0.15, 0.2) is 11.4 Å². The summed E-state index contributed by atoms with van der Waals surface area (Å²) in [4.78, 5) is 12.0. The second-order valence-corrected chi connectivity index (χ2v) is 4.54. The maximum atomic E-state index is 12.0. The number of hydrogen-bond donors (Lipinski definition) is 3. The van der Waals surface area contributed by atoms with Gasteiger partial charge in [0.1, 0.15) is 5.82 Å². The average molecular weight is 253 g/mol. The smallest absolute Gasteiger partial charge is 0.228 e. The minimum absolute atomic E-state index is 0.0874. The van der Waals surface area contributed by atoms with Crippen molar-refractivity contribution in [3.63, 3.8) is 0 Å². The molecule has 0 saturated carbocycles. The molecule has 4 N–H and O–H groups in total. The van der Waals surface area contributed by atoms with Crippen LogP contribution in [0.25, 0.3) is 0 Å². The predicted molar refractivity (Wildman–Crippen MR) is 68.4 cm³/mol. The highest BCUT2D eigenvalue weighted by Crippen LogP contribution is 2.17. The van der Waals surface area contributed by atoms with Gasteiger partial charge in [0.15, 0.2) is 5.84 Å². The molecular formula is C11H19N5O2. The van der Waals surface area contributed by atoms with E-state index in [0.29, 0.717) is 11.4 Å². The molecule has 0 aromatic carbocycles. The number of anilines is 1. The maximum Gasteiger partial charge on any atom is 0.228 e. The first-order chi connectivity index (χ1) is 8.38. The molecule has 1 aromatic heterocycles. The molecule has 1 unspecified atom stereocenters. The van der Waals surface area contributed by atoms with Crippen molar-refractivity contribution < 1.29 is 10.0 Å². The lowest BCUT2D eigenvalue weighted by Crippen LogP contribution is -2.27. The molecule has 100 valence electrons. The number of nitrogens with zero attached hydrogens (tertiary/aromatic N) is 3. The molecule has 1 amide bonds. The number of hydrogen-bond acceptors (Lipinski definition) is 4.